The van der Waals surface area contributed by atoms with Crippen LogP contribution in [0.5, 0.6) is 0 Å². The monoisotopic (exact) mass is 282 g/mol. The molecular formula is C14H19FN2O3. The van der Waals surface area contributed by atoms with Crippen LogP contribution < -0.4 is 5.32 Å². The maximum atomic E-state index is 12.9. The number of aliphatic carboxylic acids is 1. The van der Waals surface area contributed by atoms with Crippen LogP contribution >= 0.6 is 0 Å². The molecule has 1 rings (SSSR count). The third-order valence-corrected chi connectivity index (χ3v) is 3.13. The Morgan fingerprint density at radius 2 is 2.15 bits per heavy atom. The number of pyridine rings is 1. The summed E-state index contributed by atoms with van der Waals surface area (Å²) < 4.78 is 12.9. The van der Waals surface area contributed by atoms with E-state index in [-0.39, 0.29) is 18.0 Å². The minimum atomic E-state index is -0.809. The summed E-state index contributed by atoms with van der Waals surface area (Å²) in [6, 6.07) is 4.05. The van der Waals surface area contributed by atoms with Gasteiger partial charge in [0, 0.05) is 13.0 Å². The van der Waals surface area contributed by atoms with E-state index in [1.165, 1.54) is 18.2 Å². The Morgan fingerprint density at radius 1 is 1.40 bits per heavy atom. The van der Waals surface area contributed by atoms with Crippen LogP contribution in [0.15, 0.2) is 18.2 Å². The van der Waals surface area contributed by atoms with Crippen LogP contribution in [0.1, 0.15) is 43.1 Å². The molecule has 6 heteroatoms. The number of carbonyl (C=O) groups is 2. The molecule has 1 unspecified atom stereocenters. The molecule has 5 nitrogen and oxygen atoms in total. The van der Waals surface area contributed by atoms with E-state index in [2.05, 4.69) is 10.3 Å². The number of nitrogens with zero attached hydrogens (tertiary/aromatic N) is 1. The molecule has 0 fully saturated rings. The molecule has 0 spiro atoms. The summed E-state index contributed by atoms with van der Waals surface area (Å²) in [5.41, 5.74) is 0.0450. The summed E-state index contributed by atoms with van der Waals surface area (Å²) in [5, 5.41) is 11.3. The molecule has 0 saturated carbocycles. The molecule has 1 aromatic heterocycles. The number of nitrogens with one attached hydrogen (secondary N) is 1. The number of hydrogen-bond acceptors (Lipinski definition) is 3. The number of aromatic nitrogens is 1. The van der Waals surface area contributed by atoms with E-state index in [4.69, 9.17) is 5.11 Å². The van der Waals surface area contributed by atoms with Crippen molar-refractivity contribution in [3.63, 3.8) is 0 Å². The van der Waals surface area contributed by atoms with Gasteiger partial charge in [-0.25, -0.2) is 4.98 Å². The minimum absolute atomic E-state index is 0.0450. The molecule has 0 aromatic carbocycles. The van der Waals surface area contributed by atoms with Crippen LogP contribution in [0.2, 0.25) is 0 Å². The average Bonchev–Trinajstić information content (AvgIpc) is 2.42. The molecule has 2 N–H and O–H groups in total. The predicted molar refractivity (Wildman–Crippen MR) is 71.8 cm³/mol. The molecule has 1 atom stereocenters. The number of hydrogen-bond donors (Lipinski definition) is 2. The Balaban J connectivity index is 2.35. The number of halogens is 1. The third-order valence-electron chi connectivity index (χ3n) is 3.13. The molecule has 0 aliphatic heterocycles. The fourth-order valence-corrected chi connectivity index (χ4v) is 1.90. The van der Waals surface area contributed by atoms with Crippen molar-refractivity contribution < 1.29 is 19.1 Å². The van der Waals surface area contributed by atoms with E-state index < -0.39 is 17.8 Å². The summed E-state index contributed by atoms with van der Waals surface area (Å²) in [5.74, 6) is -1.66. The largest absolute Gasteiger partial charge is 0.481 e. The van der Waals surface area contributed by atoms with E-state index >= 15 is 0 Å². The van der Waals surface area contributed by atoms with Crippen LogP contribution in [0, 0.1) is 11.9 Å². The molecule has 1 heterocycles. The van der Waals surface area contributed by atoms with Gasteiger partial charge >= 0.3 is 5.97 Å². The molecular weight excluding hydrogens is 263 g/mol. The summed E-state index contributed by atoms with van der Waals surface area (Å²) in [6.45, 7) is 2.41. The van der Waals surface area contributed by atoms with Crippen molar-refractivity contribution in [2.45, 2.75) is 32.6 Å². The van der Waals surface area contributed by atoms with Crippen molar-refractivity contribution in [2.75, 3.05) is 6.54 Å². The quantitative estimate of drug-likeness (QED) is 0.717. The highest BCUT2D eigenvalue weighted by Gasteiger charge is 2.11. The lowest BCUT2D eigenvalue weighted by Crippen LogP contribution is -2.27. The van der Waals surface area contributed by atoms with E-state index in [0.717, 1.165) is 6.42 Å². The summed E-state index contributed by atoms with van der Waals surface area (Å²) >= 11 is 0. The van der Waals surface area contributed by atoms with E-state index in [9.17, 15) is 14.0 Å². The molecule has 1 amide bonds. The van der Waals surface area contributed by atoms with E-state index in [1.807, 2.05) is 6.92 Å². The lowest BCUT2D eigenvalue weighted by molar-refractivity contribution is -0.137. The zero-order chi connectivity index (χ0) is 15.0. The van der Waals surface area contributed by atoms with Crippen molar-refractivity contribution in [3.8, 4) is 0 Å². The zero-order valence-corrected chi connectivity index (χ0v) is 11.4. The van der Waals surface area contributed by atoms with Gasteiger partial charge in [0.05, 0.1) is 0 Å². The molecule has 0 aliphatic rings. The second-order valence-corrected chi connectivity index (χ2v) is 4.60. The lowest BCUT2D eigenvalue weighted by Gasteiger charge is -2.13. The van der Waals surface area contributed by atoms with Gasteiger partial charge in [0.15, 0.2) is 0 Å². The maximum Gasteiger partial charge on any atom is 0.303 e. The second-order valence-electron chi connectivity index (χ2n) is 4.60. The average molecular weight is 282 g/mol. The molecule has 1 aromatic rings. The van der Waals surface area contributed by atoms with Gasteiger partial charge in [-0.3, -0.25) is 9.59 Å². The molecule has 0 aliphatic carbocycles. The highest BCUT2D eigenvalue weighted by Crippen LogP contribution is 2.14. The first kappa shape index (κ1) is 16.1. The predicted octanol–water partition coefficient (Wildman–Crippen LogP) is 2.23. The maximum absolute atomic E-state index is 12.9. The fraction of sp³-hybridized carbons (Fsp3) is 0.500. The molecule has 0 bridgehead atoms. The van der Waals surface area contributed by atoms with Gasteiger partial charge in [-0.1, -0.05) is 19.4 Å². The first-order valence-electron chi connectivity index (χ1n) is 6.65. The summed E-state index contributed by atoms with van der Waals surface area (Å²) in [7, 11) is 0. The van der Waals surface area contributed by atoms with Crippen molar-refractivity contribution in [3.05, 3.63) is 29.8 Å². The SMILES string of the molecule is CCC(CCNC(=O)c1cccc(F)n1)CCC(=O)O. The van der Waals surface area contributed by atoms with Crippen LogP contribution in [0.25, 0.3) is 0 Å². The number of carboxylic acid groups (broad SMARTS) is 1. The Labute approximate surface area is 117 Å². The van der Waals surface area contributed by atoms with Gasteiger partial charge in [0.1, 0.15) is 5.69 Å². The Bertz CT molecular complexity index is 465. The minimum Gasteiger partial charge on any atom is -0.481 e. The van der Waals surface area contributed by atoms with Gasteiger partial charge in [-0.2, -0.15) is 4.39 Å². The van der Waals surface area contributed by atoms with E-state index in [1.54, 1.807) is 0 Å². The first-order chi connectivity index (χ1) is 9.52. The van der Waals surface area contributed by atoms with Crippen LogP contribution in [-0.4, -0.2) is 28.5 Å². The molecule has 110 valence electrons. The van der Waals surface area contributed by atoms with Crippen LogP contribution in [0.4, 0.5) is 4.39 Å². The van der Waals surface area contributed by atoms with E-state index in [0.29, 0.717) is 19.4 Å². The molecule has 0 saturated heterocycles. The molecule has 20 heavy (non-hydrogen) atoms. The fourth-order valence-electron chi connectivity index (χ4n) is 1.90. The van der Waals surface area contributed by atoms with Crippen LogP contribution in [0.3, 0.4) is 0 Å². The first-order valence-corrected chi connectivity index (χ1v) is 6.65. The Hall–Kier alpha value is -1.98. The molecule has 0 radical (unpaired) electrons. The number of rotatable bonds is 8. The number of carbonyl (C=O) groups excluding carboxylic acids is 1. The van der Waals surface area contributed by atoms with Crippen molar-refractivity contribution in [2.24, 2.45) is 5.92 Å². The van der Waals surface area contributed by atoms with Crippen molar-refractivity contribution in [1.82, 2.24) is 10.3 Å². The second kappa shape index (κ2) is 8.24. The third kappa shape index (κ3) is 5.77. The van der Waals surface area contributed by atoms with Gasteiger partial charge < -0.3 is 10.4 Å². The lowest BCUT2D eigenvalue weighted by atomic mass is 9.96. The van der Waals surface area contributed by atoms with Gasteiger partial charge in [-0.05, 0) is 30.9 Å². The van der Waals surface area contributed by atoms with Gasteiger partial charge in [0.2, 0.25) is 5.95 Å². The highest BCUT2D eigenvalue weighted by molar-refractivity contribution is 5.92. The van der Waals surface area contributed by atoms with Crippen LogP contribution in [-0.2, 0) is 4.79 Å². The van der Waals surface area contributed by atoms with Gasteiger partial charge in [0.25, 0.3) is 5.91 Å². The zero-order valence-electron chi connectivity index (χ0n) is 11.4. The summed E-state index contributed by atoms with van der Waals surface area (Å²) in [4.78, 5) is 25.7. The van der Waals surface area contributed by atoms with Crippen molar-refractivity contribution >= 4 is 11.9 Å². The summed E-state index contributed by atoms with van der Waals surface area (Å²) in [6.07, 6.45) is 2.30. The number of carboxylic acids is 1. The topological polar surface area (TPSA) is 79.3 Å². The van der Waals surface area contributed by atoms with Gasteiger partial charge in [-0.15, -0.1) is 0 Å². The Morgan fingerprint density at radius 3 is 2.75 bits per heavy atom. The standard InChI is InChI=1S/C14H19FN2O3/c1-2-10(6-7-13(18)19)8-9-16-14(20)11-4-3-5-12(15)17-11/h3-5,10H,2,6-9H2,1H3,(H,16,20)(H,18,19). The normalized spacial score (nSPS) is 11.9. The number of amides is 1. The highest BCUT2D eigenvalue weighted by atomic mass is 19.1. The Kier molecular flexibility index (Phi) is 6.63. The smallest absolute Gasteiger partial charge is 0.303 e. The van der Waals surface area contributed by atoms with Crippen molar-refractivity contribution in [1.29, 1.82) is 0 Å².